The summed E-state index contributed by atoms with van der Waals surface area (Å²) < 4.78 is 12.9. The van der Waals surface area contributed by atoms with Crippen LogP contribution in [0.15, 0.2) is 29.6 Å². The second kappa shape index (κ2) is 6.78. The van der Waals surface area contributed by atoms with Crippen molar-refractivity contribution in [3.63, 3.8) is 0 Å². The minimum Gasteiger partial charge on any atom is -0.308 e. The minimum atomic E-state index is -0.189. The van der Waals surface area contributed by atoms with Gasteiger partial charge in [-0.1, -0.05) is 19.1 Å². The first-order chi connectivity index (χ1) is 9.19. The van der Waals surface area contributed by atoms with Gasteiger partial charge in [-0.25, -0.2) is 9.37 Å². The molecule has 0 spiro atoms. The Morgan fingerprint density at radius 3 is 2.63 bits per heavy atom. The highest BCUT2D eigenvalue weighted by molar-refractivity contribution is 7.09. The summed E-state index contributed by atoms with van der Waals surface area (Å²) >= 11 is 1.67. The molecule has 102 valence electrons. The molecule has 1 heterocycles. The summed E-state index contributed by atoms with van der Waals surface area (Å²) in [6.07, 6.45) is 1.92. The molecule has 0 saturated heterocycles. The van der Waals surface area contributed by atoms with Crippen LogP contribution in [0.5, 0.6) is 0 Å². The van der Waals surface area contributed by atoms with E-state index in [1.54, 1.807) is 11.3 Å². The molecule has 0 aliphatic heterocycles. The van der Waals surface area contributed by atoms with Crippen molar-refractivity contribution in [3.8, 4) is 0 Å². The SMILES string of the molecule is CCCNC(Cc1ccc(F)cc1)c1csc(C)n1. The fourth-order valence-electron chi connectivity index (χ4n) is 2.00. The molecule has 19 heavy (non-hydrogen) atoms. The molecule has 0 aliphatic rings. The molecular weight excluding hydrogens is 259 g/mol. The van der Waals surface area contributed by atoms with Crippen molar-refractivity contribution in [1.82, 2.24) is 10.3 Å². The van der Waals surface area contributed by atoms with E-state index in [-0.39, 0.29) is 11.9 Å². The van der Waals surface area contributed by atoms with Crippen LogP contribution in [0.2, 0.25) is 0 Å². The normalized spacial score (nSPS) is 12.6. The highest BCUT2D eigenvalue weighted by Gasteiger charge is 2.14. The highest BCUT2D eigenvalue weighted by atomic mass is 32.1. The Morgan fingerprint density at radius 1 is 1.32 bits per heavy atom. The van der Waals surface area contributed by atoms with E-state index in [1.165, 1.54) is 12.1 Å². The molecule has 1 N–H and O–H groups in total. The number of nitrogens with one attached hydrogen (secondary N) is 1. The molecule has 1 aromatic heterocycles. The van der Waals surface area contributed by atoms with Crippen LogP contribution < -0.4 is 5.32 Å². The first-order valence-electron chi connectivity index (χ1n) is 6.59. The summed E-state index contributed by atoms with van der Waals surface area (Å²) in [6.45, 7) is 5.12. The van der Waals surface area contributed by atoms with Crippen LogP contribution in [0.25, 0.3) is 0 Å². The van der Waals surface area contributed by atoms with Gasteiger partial charge < -0.3 is 5.32 Å². The Kier molecular flexibility index (Phi) is 5.05. The summed E-state index contributed by atoms with van der Waals surface area (Å²) in [6, 6.07) is 6.91. The van der Waals surface area contributed by atoms with Crippen LogP contribution in [-0.2, 0) is 6.42 Å². The quantitative estimate of drug-likeness (QED) is 0.867. The minimum absolute atomic E-state index is 0.189. The van der Waals surface area contributed by atoms with E-state index in [4.69, 9.17) is 0 Å². The van der Waals surface area contributed by atoms with E-state index in [0.29, 0.717) is 0 Å². The lowest BCUT2D eigenvalue weighted by molar-refractivity contribution is 0.519. The predicted octanol–water partition coefficient (Wildman–Crippen LogP) is 3.87. The monoisotopic (exact) mass is 278 g/mol. The maximum absolute atomic E-state index is 12.9. The number of nitrogens with zero attached hydrogens (tertiary/aromatic N) is 1. The number of aryl methyl sites for hydroxylation is 1. The Labute approximate surface area is 117 Å². The van der Waals surface area contributed by atoms with E-state index in [9.17, 15) is 4.39 Å². The van der Waals surface area contributed by atoms with Gasteiger partial charge in [0, 0.05) is 5.38 Å². The molecule has 1 atom stereocenters. The van der Waals surface area contributed by atoms with Crippen molar-refractivity contribution in [1.29, 1.82) is 0 Å². The lowest BCUT2D eigenvalue weighted by Crippen LogP contribution is -2.24. The standard InChI is InChI=1S/C15H19FN2S/c1-3-8-17-14(15-10-19-11(2)18-15)9-12-4-6-13(16)7-5-12/h4-7,10,14,17H,3,8-9H2,1-2H3. The van der Waals surface area contributed by atoms with Crippen molar-refractivity contribution in [2.45, 2.75) is 32.7 Å². The van der Waals surface area contributed by atoms with E-state index < -0.39 is 0 Å². The van der Waals surface area contributed by atoms with E-state index >= 15 is 0 Å². The van der Waals surface area contributed by atoms with Crippen LogP contribution in [0.3, 0.4) is 0 Å². The molecule has 4 heteroatoms. The molecule has 0 aliphatic carbocycles. The van der Waals surface area contributed by atoms with Gasteiger partial charge in [-0.2, -0.15) is 0 Å². The van der Waals surface area contributed by atoms with Crippen LogP contribution in [0.4, 0.5) is 4.39 Å². The zero-order chi connectivity index (χ0) is 13.7. The molecule has 0 bridgehead atoms. The van der Waals surface area contributed by atoms with Gasteiger partial charge in [0.05, 0.1) is 16.7 Å². The average Bonchev–Trinajstić information content (AvgIpc) is 2.83. The van der Waals surface area contributed by atoms with E-state index in [0.717, 1.165) is 35.7 Å². The first-order valence-corrected chi connectivity index (χ1v) is 7.47. The molecule has 0 saturated carbocycles. The molecule has 0 fully saturated rings. The van der Waals surface area contributed by atoms with Crippen LogP contribution in [0.1, 0.15) is 35.7 Å². The number of halogens is 1. The van der Waals surface area contributed by atoms with Gasteiger partial charge in [0.15, 0.2) is 0 Å². The highest BCUT2D eigenvalue weighted by Crippen LogP contribution is 2.20. The molecule has 0 radical (unpaired) electrons. The van der Waals surface area contributed by atoms with Crippen molar-refractivity contribution in [3.05, 3.63) is 51.7 Å². The van der Waals surface area contributed by atoms with Gasteiger partial charge in [-0.15, -0.1) is 11.3 Å². The number of rotatable bonds is 6. The summed E-state index contributed by atoms with van der Waals surface area (Å²) in [5.41, 5.74) is 2.21. The topological polar surface area (TPSA) is 24.9 Å². The lowest BCUT2D eigenvalue weighted by Gasteiger charge is -2.16. The Bertz CT molecular complexity index is 507. The second-order valence-electron chi connectivity index (χ2n) is 4.63. The largest absolute Gasteiger partial charge is 0.308 e. The number of thiazole rings is 1. The van der Waals surface area contributed by atoms with Crippen LogP contribution >= 0.6 is 11.3 Å². The third kappa shape index (κ3) is 4.11. The second-order valence-corrected chi connectivity index (χ2v) is 5.69. The van der Waals surface area contributed by atoms with Gasteiger partial charge in [-0.3, -0.25) is 0 Å². The maximum Gasteiger partial charge on any atom is 0.123 e. The van der Waals surface area contributed by atoms with E-state index in [1.807, 2.05) is 19.1 Å². The van der Waals surface area contributed by atoms with Crippen molar-refractivity contribution in [2.75, 3.05) is 6.54 Å². The van der Waals surface area contributed by atoms with Crippen LogP contribution in [-0.4, -0.2) is 11.5 Å². The molecule has 2 rings (SSSR count). The zero-order valence-electron chi connectivity index (χ0n) is 11.3. The van der Waals surface area contributed by atoms with Crippen molar-refractivity contribution in [2.24, 2.45) is 0 Å². The van der Waals surface area contributed by atoms with Gasteiger partial charge in [0.2, 0.25) is 0 Å². The van der Waals surface area contributed by atoms with Gasteiger partial charge in [0.1, 0.15) is 5.82 Å². The number of hydrogen-bond acceptors (Lipinski definition) is 3. The fourth-order valence-corrected chi connectivity index (χ4v) is 2.66. The summed E-state index contributed by atoms with van der Waals surface area (Å²) in [4.78, 5) is 4.56. The summed E-state index contributed by atoms with van der Waals surface area (Å²) in [5.74, 6) is -0.189. The molecule has 0 amide bonds. The third-order valence-corrected chi connectivity index (χ3v) is 3.78. The zero-order valence-corrected chi connectivity index (χ0v) is 12.1. The number of hydrogen-bond donors (Lipinski definition) is 1. The first kappa shape index (κ1) is 14.2. The lowest BCUT2D eigenvalue weighted by atomic mass is 10.0. The van der Waals surface area contributed by atoms with Gasteiger partial charge in [-0.05, 0) is 44.0 Å². The Morgan fingerprint density at radius 2 is 2.05 bits per heavy atom. The van der Waals surface area contributed by atoms with Crippen molar-refractivity contribution >= 4 is 11.3 Å². The molecule has 2 aromatic rings. The molecule has 2 nitrogen and oxygen atoms in total. The summed E-state index contributed by atoms with van der Waals surface area (Å²) in [5, 5.41) is 6.70. The Balaban J connectivity index is 2.11. The van der Waals surface area contributed by atoms with E-state index in [2.05, 4.69) is 22.6 Å². The average molecular weight is 278 g/mol. The summed E-state index contributed by atoms with van der Waals surface area (Å²) in [7, 11) is 0. The maximum atomic E-state index is 12.9. The number of benzene rings is 1. The number of aromatic nitrogens is 1. The third-order valence-electron chi connectivity index (χ3n) is 2.99. The van der Waals surface area contributed by atoms with Crippen molar-refractivity contribution < 1.29 is 4.39 Å². The smallest absolute Gasteiger partial charge is 0.123 e. The van der Waals surface area contributed by atoms with Gasteiger partial charge in [0.25, 0.3) is 0 Å². The predicted molar refractivity (Wildman–Crippen MR) is 78.0 cm³/mol. The van der Waals surface area contributed by atoms with Gasteiger partial charge >= 0.3 is 0 Å². The van der Waals surface area contributed by atoms with Crippen LogP contribution in [0, 0.1) is 12.7 Å². The molecule has 1 unspecified atom stereocenters. The Hall–Kier alpha value is -1.26. The molecular formula is C15H19FN2S. The fraction of sp³-hybridized carbons (Fsp3) is 0.400. The molecule has 1 aromatic carbocycles.